The molecule has 0 radical (unpaired) electrons. The molecule has 2 heterocycles. The minimum Gasteiger partial charge on any atom is -0.393 e. The van der Waals surface area contributed by atoms with E-state index in [4.69, 9.17) is 11.6 Å². The lowest BCUT2D eigenvalue weighted by Gasteiger charge is -2.16. The molecule has 1 aromatic carbocycles. The zero-order chi connectivity index (χ0) is 16.6. The van der Waals surface area contributed by atoms with Crippen molar-refractivity contribution in [2.24, 2.45) is 5.92 Å². The van der Waals surface area contributed by atoms with Crippen molar-refractivity contribution in [1.82, 2.24) is 19.9 Å². The van der Waals surface area contributed by atoms with Gasteiger partial charge in [0, 0.05) is 24.0 Å². The highest BCUT2D eigenvalue weighted by atomic mass is 35.5. The first-order valence-corrected chi connectivity index (χ1v) is 8.00. The summed E-state index contributed by atoms with van der Waals surface area (Å²) in [5.41, 5.74) is 1.79. The van der Waals surface area contributed by atoms with Gasteiger partial charge in [0.25, 0.3) is 5.91 Å². The molecule has 1 N–H and O–H groups in total. The molecular weight excluding hydrogens is 316 g/mol. The molecule has 0 bridgehead atoms. The van der Waals surface area contributed by atoms with Gasteiger partial charge in [-0.15, -0.1) is 5.10 Å². The van der Waals surface area contributed by atoms with Gasteiger partial charge in [0.1, 0.15) is 0 Å². The number of nitrogens with zero attached hydrogens (tertiary/aromatic N) is 4. The third-order valence-electron chi connectivity index (χ3n) is 4.34. The van der Waals surface area contributed by atoms with Crippen LogP contribution >= 0.6 is 11.6 Å². The van der Waals surface area contributed by atoms with Crippen LogP contribution in [-0.4, -0.2) is 50.1 Å². The van der Waals surface area contributed by atoms with Gasteiger partial charge in [-0.2, -0.15) is 0 Å². The summed E-state index contributed by atoms with van der Waals surface area (Å²) < 4.78 is 1.61. The summed E-state index contributed by atoms with van der Waals surface area (Å²) in [6, 6.07) is 7.25. The van der Waals surface area contributed by atoms with Gasteiger partial charge in [-0.1, -0.05) is 22.9 Å². The summed E-state index contributed by atoms with van der Waals surface area (Å²) in [6.45, 7) is 4.77. The number of hydrogen-bond donors (Lipinski definition) is 1. The number of aliphatic hydroxyl groups excluding tert-OH is 1. The maximum atomic E-state index is 12.6. The van der Waals surface area contributed by atoms with Gasteiger partial charge < -0.3 is 10.0 Å². The average molecular weight is 335 g/mol. The predicted molar refractivity (Wildman–Crippen MR) is 86.8 cm³/mol. The van der Waals surface area contributed by atoms with Crippen molar-refractivity contribution in [3.8, 4) is 5.69 Å². The molecule has 0 aliphatic carbocycles. The van der Waals surface area contributed by atoms with Crippen LogP contribution in [0.1, 0.15) is 29.5 Å². The number of halogens is 1. The molecule has 23 heavy (non-hydrogen) atoms. The first-order valence-electron chi connectivity index (χ1n) is 7.63. The van der Waals surface area contributed by atoms with E-state index in [2.05, 4.69) is 10.3 Å². The second-order valence-electron chi connectivity index (χ2n) is 5.96. The molecule has 2 unspecified atom stereocenters. The maximum Gasteiger partial charge on any atom is 0.276 e. The Hall–Kier alpha value is -1.92. The van der Waals surface area contributed by atoms with Crippen LogP contribution in [0, 0.1) is 12.8 Å². The fourth-order valence-corrected chi connectivity index (χ4v) is 3.08. The van der Waals surface area contributed by atoms with Gasteiger partial charge in [-0.05, 0) is 38.5 Å². The van der Waals surface area contributed by atoms with Crippen molar-refractivity contribution in [1.29, 1.82) is 0 Å². The number of aromatic nitrogens is 3. The lowest BCUT2D eigenvalue weighted by molar-refractivity contribution is 0.0756. The van der Waals surface area contributed by atoms with Crippen molar-refractivity contribution >= 4 is 17.5 Å². The van der Waals surface area contributed by atoms with Crippen molar-refractivity contribution in [2.45, 2.75) is 26.4 Å². The molecule has 7 heteroatoms. The molecule has 1 amide bonds. The molecule has 1 fully saturated rings. The Morgan fingerprint density at radius 2 is 2.26 bits per heavy atom. The van der Waals surface area contributed by atoms with Crippen LogP contribution in [0.5, 0.6) is 0 Å². The quantitative estimate of drug-likeness (QED) is 0.932. The molecule has 6 nitrogen and oxygen atoms in total. The Bertz CT molecular complexity index is 729. The summed E-state index contributed by atoms with van der Waals surface area (Å²) in [5, 5.41) is 18.4. The van der Waals surface area contributed by atoms with Crippen LogP contribution < -0.4 is 0 Å². The second kappa shape index (κ2) is 6.29. The molecule has 1 aliphatic rings. The standard InChI is InChI=1S/C16H19ClN4O2/c1-10-15(16(23)20-7-6-12(9-20)11(2)22)18-19-21(10)14-5-3-4-13(17)8-14/h3-5,8,11-12,22H,6-7,9H2,1-2H3. The summed E-state index contributed by atoms with van der Waals surface area (Å²) in [6.07, 6.45) is 0.404. The lowest BCUT2D eigenvalue weighted by atomic mass is 10.0. The first-order chi connectivity index (χ1) is 11.0. The zero-order valence-corrected chi connectivity index (χ0v) is 13.9. The second-order valence-corrected chi connectivity index (χ2v) is 6.39. The summed E-state index contributed by atoms with van der Waals surface area (Å²) >= 11 is 6.01. The first kappa shape index (κ1) is 16.0. The minimum absolute atomic E-state index is 0.127. The van der Waals surface area contributed by atoms with E-state index in [0.717, 1.165) is 12.1 Å². The Morgan fingerprint density at radius 3 is 2.91 bits per heavy atom. The van der Waals surface area contributed by atoms with Gasteiger partial charge in [-0.3, -0.25) is 4.79 Å². The molecule has 2 aromatic rings. The molecule has 1 aromatic heterocycles. The van der Waals surface area contributed by atoms with E-state index in [-0.39, 0.29) is 11.8 Å². The molecule has 122 valence electrons. The van der Waals surface area contributed by atoms with Gasteiger partial charge in [0.2, 0.25) is 0 Å². The van der Waals surface area contributed by atoms with Crippen molar-refractivity contribution in [2.75, 3.05) is 13.1 Å². The third kappa shape index (κ3) is 3.09. The summed E-state index contributed by atoms with van der Waals surface area (Å²) in [7, 11) is 0. The number of aliphatic hydroxyl groups is 1. The highest BCUT2D eigenvalue weighted by molar-refractivity contribution is 6.30. The lowest BCUT2D eigenvalue weighted by Crippen LogP contribution is -2.31. The average Bonchev–Trinajstić information content (AvgIpc) is 3.13. The molecule has 1 saturated heterocycles. The Kier molecular flexibility index (Phi) is 4.37. The van der Waals surface area contributed by atoms with E-state index in [1.807, 2.05) is 19.1 Å². The van der Waals surface area contributed by atoms with Crippen LogP contribution in [-0.2, 0) is 0 Å². The monoisotopic (exact) mass is 334 g/mol. The van der Waals surface area contributed by atoms with Crippen molar-refractivity contribution in [3.63, 3.8) is 0 Å². The molecule has 0 spiro atoms. The number of rotatable bonds is 3. The fraction of sp³-hybridized carbons (Fsp3) is 0.438. The number of amides is 1. The highest BCUT2D eigenvalue weighted by Gasteiger charge is 2.31. The summed E-state index contributed by atoms with van der Waals surface area (Å²) in [5.74, 6) is -0.0128. The number of benzene rings is 1. The molecular formula is C16H19ClN4O2. The van der Waals surface area contributed by atoms with Gasteiger partial charge >= 0.3 is 0 Å². The minimum atomic E-state index is -0.406. The van der Waals surface area contributed by atoms with E-state index in [1.54, 1.807) is 28.6 Å². The highest BCUT2D eigenvalue weighted by Crippen LogP contribution is 2.23. The number of carbonyl (C=O) groups is 1. The SMILES string of the molecule is Cc1c(C(=O)N2CCC(C(C)O)C2)nnn1-c1cccc(Cl)c1. The third-order valence-corrected chi connectivity index (χ3v) is 4.58. The normalized spacial score (nSPS) is 19.1. The Balaban J connectivity index is 1.83. The van der Waals surface area contributed by atoms with Gasteiger partial charge in [0.05, 0.1) is 17.5 Å². The predicted octanol–water partition coefficient (Wildman–Crippen LogP) is 2.07. The van der Waals surface area contributed by atoms with Crippen LogP contribution in [0.4, 0.5) is 0 Å². The molecule has 2 atom stereocenters. The number of carbonyl (C=O) groups excluding carboxylic acids is 1. The fourth-order valence-electron chi connectivity index (χ4n) is 2.90. The Labute approximate surface area is 139 Å². The summed E-state index contributed by atoms with van der Waals surface area (Å²) in [4.78, 5) is 14.4. The van der Waals surface area contributed by atoms with Gasteiger partial charge in [0.15, 0.2) is 5.69 Å². The van der Waals surface area contributed by atoms with E-state index in [1.165, 1.54) is 0 Å². The van der Waals surface area contributed by atoms with E-state index in [0.29, 0.717) is 29.5 Å². The van der Waals surface area contributed by atoms with Crippen LogP contribution in [0.3, 0.4) is 0 Å². The smallest absolute Gasteiger partial charge is 0.276 e. The maximum absolute atomic E-state index is 12.6. The molecule has 0 saturated carbocycles. The topological polar surface area (TPSA) is 71.2 Å². The molecule has 3 rings (SSSR count). The number of hydrogen-bond acceptors (Lipinski definition) is 4. The zero-order valence-electron chi connectivity index (χ0n) is 13.1. The van der Waals surface area contributed by atoms with Crippen LogP contribution in [0.2, 0.25) is 5.02 Å². The van der Waals surface area contributed by atoms with Crippen LogP contribution in [0.15, 0.2) is 24.3 Å². The van der Waals surface area contributed by atoms with E-state index >= 15 is 0 Å². The number of likely N-dealkylation sites (tertiary alicyclic amines) is 1. The largest absolute Gasteiger partial charge is 0.393 e. The van der Waals surface area contributed by atoms with Crippen molar-refractivity contribution in [3.05, 3.63) is 40.7 Å². The van der Waals surface area contributed by atoms with E-state index < -0.39 is 6.10 Å². The molecule has 1 aliphatic heterocycles. The van der Waals surface area contributed by atoms with E-state index in [9.17, 15) is 9.90 Å². The Morgan fingerprint density at radius 1 is 1.48 bits per heavy atom. The van der Waals surface area contributed by atoms with Crippen LogP contribution in [0.25, 0.3) is 5.69 Å². The van der Waals surface area contributed by atoms with Crippen molar-refractivity contribution < 1.29 is 9.90 Å². The van der Waals surface area contributed by atoms with Gasteiger partial charge in [-0.25, -0.2) is 4.68 Å².